The van der Waals surface area contributed by atoms with Crippen molar-refractivity contribution in [2.45, 2.75) is 6.92 Å². The summed E-state index contributed by atoms with van der Waals surface area (Å²) < 4.78 is 6.60. The topological polar surface area (TPSA) is 37.9 Å². The highest BCUT2D eigenvalue weighted by molar-refractivity contribution is 6.13. The van der Waals surface area contributed by atoms with Gasteiger partial charge in [-0.15, -0.1) is 0 Å². The molecule has 1 aromatic heterocycles. The van der Waals surface area contributed by atoms with Gasteiger partial charge in [0.25, 0.3) is 0 Å². The lowest BCUT2D eigenvalue weighted by atomic mass is 9.96. The highest BCUT2D eigenvalue weighted by atomic mass is 16.3. The summed E-state index contributed by atoms with van der Waals surface area (Å²) in [6, 6.07) is 60.6. The molecule has 7 aromatic carbocycles. The second-order valence-corrected chi connectivity index (χ2v) is 12.3. The number of para-hydroxylation sites is 1. The second-order valence-electron chi connectivity index (χ2n) is 12.3. The summed E-state index contributed by atoms with van der Waals surface area (Å²) in [5.74, 6) is 0.610. The molecule has 8 aromatic rings. The summed E-state index contributed by atoms with van der Waals surface area (Å²) in [6.45, 7) is 6.36. The van der Waals surface area contributed by atoms with Gasteiger partial charge in [0.05, 0.1) is 5.70 Å². The number of amidine groups is 1. The maximum atomic E-state index is 6.60. The first-order valence-electron chi connectivity index (χ1n) is 16.8. The zero-order valence-corrected chi connectivity index (χ0v) is 27.8. The molecule has 0 saturated carbocycles. The maximum absolute atomic E-state index is 6.60. The van der Waals surface area contributed by atoms with E-state index in [1.807, 2.05) is 67.6 Å². The quantitative estimate of drug-likeness (QED) is 0.126. The van der Waals surface area contributed by atoms with E-state index >= 15 is 0 Å². The fourth-order valence-electron chi connectivity index (χ4n) is 6.39. The van der Waals surface area contributed by atoms with Gasteiger partial charge in [-0.2, -0.15) is 0 Å². The SMILES string of the molecule is C=C(N=C(N=C(C)c1ccccc1)c1ccccc1)c1ccc2c(c1)oc1c(-c3ccc(-c4cccc(-c5ccccc5)c4)cc3)cccc12. The van der Waals surface area contributed by atoms with Crippen LogP contribution in [0.2, 0.25) is 0 Å². The number of aliphatic imine (C=N–C) groups is 2. The molecule has 0 amide bonds. The predicted octanol–water partition coefficient (Wildman–Crippen LogP) is 12.5. The van der Waals surface area contributed by atoms with Gasteiger partial charge in [0, 0.05) is 33.2 Å². The number of furan rings is 1. The average Bonchev–Trinajstić information content (AvgIpc) is 3.57. The van der Waals surface area contributed by atoms with E-state index in [4.69, 9.17) is 14.4 Å². The molecule has 0 unspecified atom stereocenters. The average molecular weight is 643 g/mol. The molecule has 0 saturated heterocycles. The molecule has 0 spiro atoms. The van der Waals surface area contributed by atoms with Gasteiger partial charge in [-0.05, 0) is 58.5 Å². The van der Waals surface area contributed by atoms with Crippen molar-refractivity contribution in [3.05, 3.63) is 199 Å². The Hall–Kier alpha value is -6.58. The normalized spacial score (nSPS) is 12.0. The Balaban J connectivity index is 1.12. The highest BCUT2D eigenvalue weighted by Gasteiger charge is 2.14. The Labute approximate surface area is 292 Å². The molecule has 0 atom stereocenters. The molecule has 3 nitrogen and oxygen atoms in total. The van der Waals surface area contributed by atoms with Gasteiger partial charge in [0.1, 0.15) is 11.2 Å². The van der Waals surface area contributed by atoms with Gasteiger partial charge in [-0.25, -0.2) is 9.98 Å². The van der Waals surface area contributed by atoms with Crippen LogP contribution in [0.1, 0.15) is 23.6 Å². The van der Waals surface area contributed by atoms with Gasteiger partial charge in [0.2, 0.25) is 0 Å². The molecular weight excluding hydrogens is 609 g/mol. The minimum atomic E-state index is 0.610. The lowest BCUT2D eigenvalue weighted by Gasteiger charge is -2.08. The van der Waals surface area contributed by atoms with Crippen LogP contribution in [0.25, 0.3) is 61.0 Å². The number of benzene rings is 7. The molecule has 0 N–H and O–H groups in total. The predicted molar refractivity (Wildman–Crippen MR) is 211 cm³/mol. The van der Waals surface area contributed by atoms with Crippen LogP contribution in [0.4, 0.5) is 0 Å². The first kappa shape index (κ1) is 30.7. The van der Waals surface area contributed by atoms with E-state index in [1.54, 1.807) is 0 Å². The van der Waals surface area contributed by atoms with Gasteiger partial charge in [-0.3, -0.25) is 0 Å². The van der Waals surface area contributed by atoms with E-state index in [-0.39, 0.29) is 0 Å². The molecule has 3 heteroatoms. The van der Waals surface area contributed by atoms with E-state index < -0.39 is 0 Å². The smallest absolute Gasteiger partial charge is 0.160 e. The summed E-state index contributed by atoms with van der Waals surface area (Å²) in [7, 11) is 0. The molecule has 0 fully saturated rings. The van der Waals surface area contributed by atoms with Crippen molar-refractivity contribution in [1.82, 2.24) is 0 Å². The van der Waals surface area contributed by atoms with Crippen LogP contribution in [0.15, 0.2) is 197 Å². The summed E-state index contributed by atoms with van der Waals surface area (Å²) >= 11 is 0. The number of fused-ring (bicyclic) bond motifs is 3. The number of hydrogen-bond donors (Lipinski definition) is 0. The van der Waals surface area contributed by atoms with Crippen LogP contribution in [-0.4, -0.2) is 11.5 Å². The Morgan fingerprint density at radius 2 is 1.04 bits per heavy atom. The van der Waals surface area contributed by atoms with E-state index in [1.165, 1.54) is 22.3 Å². The van der Waals surface area contributed by atoms with Gasteiger partial charge in [-0.1, -0.05) is 164 Å². The first-order chi connectivity index (χ1) is 24.6. The summed E-state index contributed by atoms with van der Waals surface area (Å²) in [6.07, 6.45) is 0. The zero-order chi connectivity index (χ0) is 33.9. The third-order valence-corrected chi connectivity index (χ3v) is 9.07. The van der Waals surface area contributed by atoms with Crippen LogP contribution < -0.4 is 0 Å². The van der Waals surface area contributed by atoms with E-state index in [0.717, 1.165) is 55.5 Å². The molecule has 50 heavy (non-hydrogen) atoms. The molecule has 0 bridgehead atoms. The monoisotopic (exact) mass is 642 g/mol. The lowest BCUT2D eigenvalue weighted by Crippen LogP contribution is -2.04. The Kier molecular flexibility index (Phi) is 8.30. The van der Waals surface area contributed by atoms with Crippen molar-refractivity contribution < 1.29 is 4.42 Å². The number of nitrogens with zero attached hydrogens (tertiary/aromatic N) is 2. The number of hydrogen-bond acceptors (Lipinski definition) is 2. The molecule has 8 rings (SSSR count). The fraction of sp³-hybridized carbons (Fsp3) is 0.0213. The van der Waals surface area contributed by atoms with Crippen molar-refractivity contribution in [1.29, 1.82) is 0 Å². The van der Waals surface area contributed by atoms with E-state index in [2.05, 4.69) is 122 Å². The van der Waals surface area contributed by atoms with Crippen LogP contribution in [0, 0.1) is 0 Å². The molecule has 0 aliphatic rings. The maximum Gasteiger partial charge on any atom is 0.160 e. The summed E-state index contributed by atoms with van der Waals surface area (Å²) in [4.78, 5) is 9.91. The second kappa shape index (κ2) is 13.5. The molecule has 0 aliphatic carbocycles. The zero-order valence-electron chi connectivity index (χ0n) is 27.8. The van der Waals surface area contributed by atoms with E-state index in [9.17, 15) is 0 Å². The highest BCUT2D eigenvalue weighted by Crippen LogP contribution is 2.38. The summed E-state index contributed by atoms with van der Waals surface area (Å²) in [5.41, 5.74) is 12.9. The van der Waals surface area contributed by atoms with Crippen molar-refractivity contribution in [3.8, 4) is 33.4 Å². The van der Waals surface area contributed by atoms with Crippen molar-refractivity contribution in [3.63, 3.8) is 0 Å². The minimum absolute atomic E-state index is 0.610. The molecular formula is C47H34N2O. The molecule has 1 heterocycles. The Bertz CT molecular complexity index is 2530. The third-order valence-electron chi connectivity index (χ3n) is 9.07. The standard InChI is InChI=1S/C47H34N2O/c1-32(34-14-6-3-7-15-34)48-47(38-18-10-5-11-19-38)49-33(2)39-28-29-43-44-23-13-22-42(46(44)50-45(43)31-39)37-26-24-36(25-27-37)41-21-12-20-40(30-41)35-16-8-4-9-17-35/h3-31H,2H2,1H3. The Morgan fingerprint density at radius 3 is 1.74 bits per heavy atom. The minimum Gasteiger partial charge on any atom is -0.455 e. The van der Waals surface area contributed by atoms with Crippen LogP contribution in [0.3, 0.4) is 0 Å². The van der Waals surface area contributed by atoms with E-state index in [0.29, 0.717) is 11.5 Å². The lowest BCUT2D eigenvalue weighted by molar-refractivity contribution is 0.670. The van der Waals surface area contributed by atoms with Crippen LogP contribution in [0.5, 0.6) is 0 Å². The molecule has 238 valence electrons. The van der Waals surface area contributed by atoms with Crippen molar-refractivity contribution in [2.75, 3.05) is 0 Å². The first-order valence-corrected chi connectivity index (χ1v) is 16.8. The van der Waals surface area contributed by atoms with Gasteiger partial charge < -0.3 is 4.42 Å². The van der Waals surface area contributed by atoms with Crippen molar-refractivity contribution in [2.24, 2.45) is 9.98 Å². The van der Waals surface area contributed by atoms with Gasteiger partial charge >= 0.3 is 0 Å². The summed E-state index contributed by atoms with van der Waals surface area (Å²) in [5, 5.41) is 2.13. The van der Waals surface area contributed by atoms with Crippen LogP contribution >= 0.6 is 0 Å². The molecule has 0 aliphatic heterocycles. The van der Waals surface area contributed by atoms with Gasteiger partial charge in [0.15, 0.2) is 5.84 Å². The van der Waals surface area contributed by atoms with Crippen LogP contribution in [-0.2, 0) is 0 Å². The third kappa shape index (κ3) is 6.21. The Morgan fingerprint density at radius 1 is 0.460 bits per heavy atom. The number of rotatable bonds is 7. The largest absolute Gasteiger partial charge is 0.455 e. The fourth-order valence-corrected chi connectivity index (χ4v) is 6.39. The molecule has 0 radical (unpaired) electrons. The van der Waals surface area contributed by atoms with Crippen molar-refractivity contribution >= 4 is 39.2 Å².